The summed E-state index contributed by atoms with van der Waals surface area (Å²) in [6.45, 7) is 4.00. The Hall–Kier alpha value is -2.36. The minimum Gasteiger partial charge on any atom is -0.374 e. The van der Waals surface area contributed by atoms with Gasteiger partial charge in [-0.1, -0.05) is 44.5 Å². The minimum absolute atomic E-state index is 0.0162. The Morgan fingerprint density at radius 1 is 0.700 bits per heavy atom. The molecular weight excluding hydrogens is 444 g/mol. The van der Waals surface area contributed by atoms with Crippen LogP contribution < -0.4 is 8.37 Å². The van der Waals surface area contributed by atoms with Gasteiger partial charge in [0.1, 0.15) is 9.79 Å². The lowest BCUT2D eigenvalue weighted by molar-refractivity contribution is 0.451. The first-order chi connectivity index (χ1) is 14.2. The third kappa shape index (κ3) is 5.21. The average molecular weight is 467 g/mol. The van der Waals surface area contributed by atoms with Gasteiger partial charge in [-0.2, -0.15) is 16.8 Å². The van der Waals surface area contributed by atoms with Gasteiger partial charge >= 0.3 is 20.2 Å². The Balaban J connectivity index is 1.80. The van der Waals surface area contributed by atoms with Crippen LogP contribution in [0.1, 0.15) is 31.4 Å². The Morgan fingerprint density at radius 3 is 1.53 bits per heavy atom. The molecule has 2 aromatic carbocycles. The standard InChI is InChI=1S/C21H22O6S3/c1-3-5-17-8-12-19(13-9-17)30(24,25)27-21-15-28-14-20(21)26-29(22,23)18-10-6-16(4-2)7-11-18/h6-15H,3-5H2,1-2H3. The van der Waals surface area contributed by atoms with Gasteiger partial charge in [0.15, 0.2) is 11.5 Å². The number of aryl methyl sites for hydroxylation is 2. The zero-order valence-corrected chi connectivity index (χ0v) is 19.0. The molecule has 3 rings (SSSR count). The van der Waals surface area contributed by atoms with Crippen molar-refractivity contribution in [3.8, 4) is 11.5 Å². The third-order valence-corrected chi connectivity index (χ3v) is 7.56. The number of rotatable bonds is 9. The molecule has 6 nitrogen and oxygen atoms in total. The first-order valence-electron chi connectivity index (χ1n) is 9.38. The van der Waals surface area contributed by atoms with E-state index in [-0.39, 0.29) is 21.3 Å². The lowest BCUT2D eigenvalue weighted by Crippen LogP contribution is -2.13. The maximum Gasteiger partial charge on any atom is 0.339 e. The van der Waals surface area contributed by atoms with Crippen LogP contribution in [0.15, 0.2) is 69.1 Å². The van der Waals surface area contributed by atoms with Gasteiger partial charge in [-0.05, 0) is 48.2 Å². The second kappa shape index (κ2) is 9.20. The Bertz CT molecular complexity index is 1190. The van der Waals surface area contributed by atoms with Crippen LogP contribution in [0, 0.1) is 0 Å². The van der Waals surface area contributed by atoms with E-state index in [9.17, 15) is 16.8 Å². The van der Waals surface area contributed by atoms with Crippen LogP contribution in [-0.4, -0.2) is 16.8 Å². The van der Waals surface area contributed by atoms with Crippen LogP contribution in [0.5, 0.6) is 11.5 Å². The van der Waals surface area contributed by atoms with Crippen LogP contribution in [0.2, 0.25) is 0 Å². The zero-order valence-electron chi connectivity index (χ0n) is 16.6. The van der Waals surface area contributed by atoms with Gasteiger partial charge in [0.25, 0.3) is 0 Å². The highest BCUT2D eigenvalue weighted by Crippen LogP contribution is 2.36. The summed E-state index contributed by atoms with van der Waals surface area (Å²) in [5.41, 5.74) is 2.01. The van der Waals surface area contributed by atoms with E-state index in [2.05, 4.69) is 0 Å². The van der Waals surface area contributed by atoms with Crippen LogP contribution in [-0.2, 0) is 33.1 Å². The van der Waals surface area contributed by atoms with Crippen LogP contribution >= 0.6 is 11.3 Å². The number of hydrogen-bond donors (Lipinski definition) is 0. The molecule has 9 heteroatoms. The smallest absolute Gasteiger partial charge is 0.339 e. The summed E-state index contributed by atoms with van der Waals surface area (Å²) >= 11 is 1.07. The van der Waals surface area contributed by atoms with Crippen LogP contribution in [0.4, 0.5) is 0 Å². The number of hydrogen-bond acceptors (Lipinski definition) is 7. The molecule has 0 saturated carbocycles. The minimum atomic E-state index is -4.13. The highest BCUT2D eigenvalue weighted by Gasteiger charge is 2.24. The molecule has 0 spiro atoms. The molecule has 0 radical (unpaired) electrons. The molecule has 0 bridgehead atoms. The van der Waals surface area contributed by atoms with E-state index in [1.165, 1.54) is 35.0 Å². The first kappa shape index (κ1) is 22.3. The summed E-state index contributed by atoms with van der Waals surface area (Å²) in [5, 5.41) is 2.77. The van der Waals surface area contributed by atoms with Gasteiger partial charge in [-0.25, -0.2) is 0 Å². The summed E-state index contributed by atoms with van der Waals surface area (Å²) < 4.78 is 60.7. The predicted octanol–water partition coefficient (Wildman–Crippen LogP) is 4.80. The average Bonchev–Trinajstić information content (AvgIpc) is 3.14. The van der Waals surface area contributed by atoms with Crippen molar-refractivity contribution in [3.63, 3.8) is 0 Å². The van der Waals surface area contributed by atoms with Crippen molar-refractivity contribution in [2.24, 2.45) is 0 Å². The summed E-state index contributed by atoms with van der Waals surface area (Å²) in [5.74, 6) is -0.350. The van der Waals surface area contributed by atoms with Crippen molar-refractivity contribution in [3.05, 3.63) is 70.4 Å². The normalized spacial score (nSPS) is 11.9. The molecule has 30 heavy (non-hydrogen) atoms. The maximum atomic E-state index is 12.6. The predicted molar refractivity (Wildman–Crippen MR) is 116 cm³/mol. The van der Waals surface area contributed by atoms with E-state index in [4.69, 9.17) is 8.37 Å². The molecule has 0 aliphatic carbocycles. The molecule has 0 aliphatic heterocycles. The molecular formula is C21H22O6S3. The Kier molecular flexibility index (Phi) is 6.84. The van der Waals surface area contributed by atoms with Crippen molar-refractivity contribution in [1.82, 2.24) is 0 Å². The summed E-state index contributed by atoms with van der Waals surface area (Å²) in [4.78, 5) is -0.0382. The van der Waals surface area contributed by atoms with E-state index < -0.39 is 20.2 Å². The molecule has 3 aromatic rings. The van der Waals surface area contributed by atoms with Gasteiger partial charge in [0.05, 0.1) is 0 Å². The molecule has 1 aromatic heterocycles. The quantitative estimate of drug-likeness (QED) is 0.421. The summed E-state index contributed by atoms with van der Waals surface area (Å²) in [6.07, 6.45) is 2.58. The SMILES string of the molecule is CCCc1ccc(S(=O)(=O)Oc2cscc2OS(=O)(=O)c2ccc(CC)cc2)cc1. The Labute approximate surface area is 181 Å². The van der Waals surface area contributed by atoms with Gasteiger partial charge in [-0.3, -0.25) is 0 Å². The van der Waals surface area contributed by atoms with E-state index >= 15 is 0 Å². The second-order valence-electron chi connectivity index (χ2n) is 6.57. The fourth-order valence-corrected chi connectivity index (χ4v) is 5.36. The molecule has 0 N–H and O–H groups in total. The van der Waals surface area contributed by atoms with Crippen molar-refractivity contribution >= 4 is 31.6 Å². The molecule has 0 fully saturated rings. The molecule has 0 aliphatic rings. The van der Waals surface area contributed by atoms with Crippen molar-refractivity contribution < 1.29 is 25.2 Å². The molecule has 1 heterocycles. The molecule has 0 unspecified atom stereocenters. The zero-order chi connectivity index (χ0) is 21.8. The van der Waals surface area contributed by atoms with Gasteiger partial charge in [0, 0.05) is 10.8 Å². The van der Waals surface area contributed by atoms with Crippen molar-refractivity contribution in [2.45, 2.75) is 42.9 Å². The summed E-state index contributed by atoms with van der Waals surface area (Å²) in [6, 6.07) is 12.7. The van der Waals surface area contributed by atoms with Crippen LogP contribution in [0.3, 0.4) is 0 Å². The monoisotopic (exact) mass is 466 g/mol. The third-order valence-electron chi connectivity index (χ3n) is 4.36. The number of thiophene rings is 1. The van der Waals surface area contributed by atoms with Gasteiger partial charge in [0.2, 0.25) is 0 Å². The van der Waals surface area contributed by atoms with Crippen LogP contribution in [0.25, 0.3) is 0 Å². The number of benzene rings is 2. The Morgan fingerprint density at radius 2 is 1.13 bits per heavy atom. The largest absolute Gasteiger partial charge is 0.374 e. The highest BCUT2D eigenvalue weighted by molar-refractivity contribution is 7.87. The van der Waals surface area contributed by atoms with Gasteiger partial charge in [-0.15, -0.1) is 11.3 Å². The molecule has 0 atom stereocenters. The lowest BCUT2D eigenvalue weighted by Gasteiger charge is -2.10. The van der Waals surface area contributed by atoms with Crippen molar-refractivity contribution in [2.75, 3.05) is 0 Å². The molecule has 160 valence electrons. The fraction of sp³-hybridized carbons (Fsp3) is 0.238. The van der Waals surface area contributed by atoms with E-state index in [0.717, 1.165) is 41.7 Å². The summed E-state index contributed by atoms with van der Waals surface area (Å²) in [7, 11) is -8.27. The van der Waals surface area contributed by atoms with E-state index in [1.807, 2.05) is 13.8 Å². The van der Waals surface area contributed by atoms with E-state index in [0.29, 0.717) is 0 Å². The second-order valence-corrected chi connectivity index (χ2v) is 10.4. The topological polar surface area (TPSA) is 86.7 Å². The van der Waals surface area contributed by atoms with E-state index in [1.54, 1.807) is 24.3 Å². The molecule has 0 amide bonds. The maximum absolute atomic E-state index is 12.6. The molecule has 0 saturated heterocycles. The highest BCUT2D eigenvalue weighted by atomic mass is 32.2. The van der Waals surface area contributed by atoms with Gasteiger partial charge < -0.3 is 8.37 Å². The lowest BCUT2D eigenvalue weighted by atomic mass is 10.1. The van der Waals surface area contributed by atoms with Crippen molar-refractivity contribution in [1.29, 1.82) is 0 Å². The first-order valence-corrected chi connectivity index (χ1v) is 13.1. The fourth-order valence-electron chi connectivity index (χ4n) is 2.73.